The number of benzene rings is 2. The molecule has 0 atom stereocenters. The number of alkyl halides is 3. The van der Waals surface area contributed by atoms with E-state index in [0.29, 0.717) is 11.4 Å². The fourth-order valence-corrected chi connectivity index (χ4v) is 1.99. The van der Waals surface area contributed by atoms with Crippen LogP contribution in [0.25, 0.3) is 0 Å². The van der Waals surface area contributed by atoms with Crippen LogP contribution < -0.4 is 20.5 Å². The van der Waals surface area contributed by atoms with Gasteiger partial charge in [-0.15, -0.1) is 13.2 Å². The summed E-state index contributed by atoms with van der Waals surface area (Å²) >= 11 is 0. The van der Waals surface area contributed by atoms with Gasteiger partial charge in [-0.1, -0.05) is 12.1 Å². The van der Waals surface area contributed by atoms with Crippen molar-refractivity contribution >= 4 is 17.5 Å². The second-order valence-corrected chi connectivity index (χ2v) is 5.20. The molecule has 9 heteroatoms. The number of hydrogen-bond acceptors (Lipinski definition) is 4. The molecule has 0 saturated carbocycles. The number of rotatable bonds is 7. The van der Waals surface area contributed by atoms with E-state index in [2.05, 4.69) is 10.1 Å². The van der Waals surface area contributed by atoms with Gasteiger partial charge in [0.1, 0.15) is 11.5 Å². The van der Waals surface area contributed by atoms with Crippen LogP contribution in [0.2, 0.25) is 0 Å². The summed E-state index contributed by atoms with van der Waals surface area (Å²) in [6.07, 6.45) is -4.67. The first-order valence-electron chi connectivity index (χ1n) is 7.37. The maximum absolute atomic E-state index is 12.1. The Morgan fingerprint density at radius 1 is 0.962 bits per heavy atom. The number of anilines is 1. The van der Waals surface area contributed by atoms with Gasteiger partial charge in [-0.05, 0) is 42.0 Å². The summed E-state index contributed by atoms with van der Waals surface area (Å²) in [7, 11) is 0. The summed E-state index contributed by atoms with van der Waals surface area (Å²) in [5.41, 5.74) is 6.10. The third-order valence-corrected chi connectivity index (χ3v) is 3.04. The lowest BCUT2D eigenvalue weighted by Crippen LogP contribution is -2.20. The van der Waals surface area contributed by atoms with Crippen molar-refractivity contribution in [3.05, 3.63) is 54.1 Å². The zero-order chi connectivity index (χ0) is 19.2. The van der Waals surface area contributed by atoms with Crippen LogP contribution in [0.1, 0.15) is 5.56 Å². The van der Waals surface area contributed by atoms with Crippen molar-refractivity contribution in [2.24, 2.45) is 5.73 Å². The van der Waals surface area contributed by atoms with Gasteiger partial charge in [0.25, 0.3) is 5.91 Å². The Morgan fingerprint density at radius 3 is 2.08 bits per heavy atom. The maximum Gasteiger partial charge on any atom is 0.573 e. The Hall–Kier alpha value is -3.23. The van der Waals surface area contributed by atoms with Gasteiger partial charge in [0.2, 0.25) is 5.91 Å². The smallest absolute Gasteiger partial charge is 0.484 e. The lowest BCUT2D eigenvalue weighted by molar-refractivity contribution is -0.274. The molecule has 0 fully saturated rings. The number of nitrogens with one attached hydrogen (secondary N) is 1. The molecule has 0 saturated heterocycles. The quantitative estimate of drug-likeness (QED) is 0.786. The summed E-state index contributed by atoms with van der Waals surface area (Å²) in [4.78, 5) is 22.6. The fourth-order valence-electron chi connectivity index (χ4n) is 1.99. The van der Waals surface area contributed by atoms with Gasteiger partial charge in [0, 0.05) is 5.69 Å². The Balaban J connectivity index is 1.82. The van der Waals surface area contributed by atoms with E-state index < -0.39 is 18.2 Å². The maximum atomic E-state index is 12.1. The molecule has 0 radical (unpaired) electrons. The van der Waals surface area contributed by atoms with Crippen LogP contribution in [0.5, 0.6) is 11.5 Å². The molecule has 0 aromatic heterocycles. The van der Waals surface area contributed by atoms with E-state index in [9.17, 15) is 22.8 Å². The number of halogens is 3. The zero-order valence-corrected chi connectivity index (χ0v) is 13.4. The minimum Gasteiger partial charge on any atom is -0.484 e. The van der Waals surface area contributed by atoms with Gasteiger partial charge in [-0.2, -0.15) is 0 Å². The van der Waals surface area contributed by atoms with Gasteiger partial charge < -0.3 is 20.5 Å². The van der Waals surface area contributed by atoms with Crippen LogP contribution in [0.15, 0.2) is 48.5 Å². The van der Waals surface area contributed by atoms with E-state index in [4.69, 9.17) is 10.5 Å². The number of hydrogen-bond donors (Lipinski definition) is 2. The third-order valence-electron chi connectivity index (χ3n) is 3.04. The average molecular weight is 368 g/mol. The minimum absolute atomic E-state index is 0.106. The molecule has 0 bridgehead atoms. The summed E-state index contributed by atoms with van der Waals surface area (Å²) in [6, 6.07) is 11.2. The molecule has 0 aliphatic heterocycles. The summed E-state index contributed by atoms with van der Waals surface area (Å²) in [5.74, 6) is -0.912. The monoisotopic (exact) mass is 368 g/mol. The van der Waals surface area contributed by atoms with E-state index >= 15 is 0 Å². The summed E-state index contributed by atoms with van der Waals surface area (Å²) in [5, 5.41) is 2.48. The van der Waals surface area contributed by atoms with Crippen molar-refractivity contribution in [1.82, 2.24) is 0 Å². The second kappa shape index (κ2) is 8.24. The predicted molar refractivity (Wildman–Crippen MR) is 86.6 cm³/mol. The Morgan fingerprint density at radius 2 is 1.54 bits per heavy atom. The second-order valence-electron chi connectivity index (χ2n) is 5.20. The highest BCUT2D eigenvalue weighted by Gasteiger charge is 2.30. The normalized spacial score (nSPS) is 10.9. The van der Waals surface area contributed by atoms with Crippen LogP contribution in [-0.4, -0.2) is 24.8 Å². The lowest BCUT2D eigenvalue weighted by Gasteiger charge is -2.10. The highest BCUT2D eigenvalue weighted by molar-refractivity contribution is 5.91. The van der Waals surface area contributed by atoms with Crippen molar-refractivity contribution in [2.45, 2.75) is 12.8 Å². The Labute approximate surface area is 146 Å². The van der Waals surface area contributed by atoms with E-state index in [1.54, 1.807) is 24.3 Å². The molecule has 0 aliphatic carbocycles. The van der Waals surface area contributed by atoms with Crippen molar-refractivity contribution in [1.29, 1.82) is 0 Å². The SMILES string of the molecule is NC(=O)Cc1ccc(OCC(=O)Nc2ccc(OC(F)(F)F)cc2)cc1. The first kappa shape index (κ1) is 19.1. The standard InChI is InChI=1S/C17H15F3N2O4/c18-17(19,20)26-14-7-3-12(4-8-14)22-16(24)10-25-13-5-1-11(2-6-13)9-15(21)23/h1-8H,9-10H2,(H2,21,23)(H,22,24). The van der Waals surface area contributed by atoms with Crippen molar-refractivity contribution < 1.29 is 32.2 Å². The largest absolute Gasteiger partial charge is 0.573 e. The fraction of sp³-hybridized carbons (Fsp3) is 0.176. The van der Waals surface area contributed by atoms with Crippen molar-refractivity contribution in [3.8, 4) is 11.5 Å². The molecule has 0 heterocycles. The molecule has 3 N–H and O–H groups in total. The molecule has 26 heavy (non-hydrogen) atoms. The number of amides is 2. The molecule has 6 nitrogen and oxygen atoms in total. The van der Waals surface area contributed by atoms with Crippen LogP contribution >= 0.6 is 0 Å². The molecular weight excluding hydrogens is 353 g/mol. The molecule has 2 aromatic rings. The third kappa shape index (κ3) is 6.71. The number of nitrogens with two attached hydrogens (primary N) is 1. The predicted octanol–water partition coefficient (Wildman–Crippen LogP) is 2.63. The van der Waals surface area contributed by atoms with Crippen LogP contribution in [0.3, 0.4) is 0 Å². The van der Waals surface area contributed by atoms with E-state index in [-0.39, 0.29) is 18.8 Å². The van der Waals surface area contributed by atoms with E-state index in [1.807, 2.05) is 0 Å². The molecule has 2 rings (SSSR count). The van der Waals surface area contributed by atoms with Crippen LogP contribution in [0.4, 0.5) is 18.9 Å². The lowest BCUT2D eigenvalue weighted by atomic mass is 10.1. The Bertz CT molecular complexity index is 759. The Kier molecular flexibility index (Phi) is 6.05. The van der Waals surface area contributed by atoms with Gasteiger partial charge >= 0.3 is 6.36 Å². The number of primary amides is 1. The molecule has 0 spiro atoms. The van der Waals surface area contributed by atoms with Gasteiger partial charge in [-0.3, -0.25) is 9.59 Å². The molecule has 2 amide bonds. The summed E-state index contributed by atoms with van der Waals surface area (Å²) < 4.78 is 45.2. The number of carbonyl (C=O) groups is 2. The highest BCUT2D eigenvalue weighted by atomic mass is 19.4. The zero-order valence-electron chi connectivity index (χ0n) is 13.4. The number of carbonyl (C=O) groups excluding carboxylic acids is 2. The average Bonchev–Trinajstić information content (AvgIpc) is 2.54. The van der Waals surface area contributed by atoms with Gasteiger partial charge in [0.05, 0.1) is 6.42 Å². The van der Waals surface area contributed by atoms with E-state index in [1.165, 1.54) is 12.1 Å². The van der Waals surface area contributed by atoms with Gasteiger partial charge in [0.15, 0.2) is 6.61 Å². The number of ether oxygens (including phenoxy) is 2. The molecule has 0 aliphatic rings. The molecule has 138 valence electrons. The topological polar surface area (TPSA) is 90.7 Å². The van der Waals surface area contributed by atoms with Crippen molar-refractivity contribution in [2.75, 3.05) is 11.9 Å². The van der Waals surface area contributed by atoms with Gasteiger partial charge in [-0.25, -0.2) is 0 Å². The van der Waals surface area contributed by atoms with Crippen molar-refractivity contribution in [3.63, 3.8) is 0 Å². The molecule has 2 aromatic carbocycles. The minimum atomic E-state index is -4.77. The first-order valence-corrected chi connectivity index (χ1v) is 7.37. The van der Waals surface area contributed by atoms with E-state index in [0.717, 1.165) is 17.7 Å². The first-order chi connectivity index (χ1) is 12.2. The van der Waals surface area contributed by atoms with Crippen LogP contribution in [0, 0.1) is 0 Å². The van der Waals surface area contributed by atoms with Crippen LogP contribution in [-0.2, 0) is 16.0 Å². The molecule has 0 unspecified atom stereocenters. The highest BCUT2D eigenvalue weighted by Crippen LogP contribution is 2.24. The summed E-state index contributed by atoms with van der Waals surface area (Å²) in [6.45, 7) is -0.296. The molecular formula is C17H15F3N2O4.